The minimum atomic E-state index is -0.425. The number of nitrogens with one attached hydrogen (secondary N) is 2. The van der Waals surface area contributed by atoms with Crippen molar-refractivity contribution in [3.05, 3.63) is 30.1 Å². The molecule has 2 aliphatic rings. The first kappa shape index (κ1) is 23.6. The van der Waals surface area contributed by atoms with Crippen LogP contribution in [-0.4, -0.2) is 77.8 Å². The number of hydrogen-bond acceptors (Lipinski definition) is 6. The predicted octanol–water partition coefficient (Wildman–Crippen LogP) is 1.03. The van der Waals surface area contributed by atoms with E-state index in [0.717, 1.165) is 38.0 Å². The van der Waals surface area contributed by atoms with Crippen LogP contribution in [0.3, 0.4) is 0 Å². The summed E-state index contributed by atoms with van der Waals surface area (Å²) in [6.07, 6.45) is 9.72. The maximum absolute atomic E-state index is 12.3. The van der Waals surface area contributed by atoms with E-state index < -0.39 is 6.10 Å². The molecule has 3 atom stereocenters. The molecule has 31 heavy (non-hydrogen) atoms. The monoisotopic (exact) mass is 432 g/mol. The molecule has 2 saturated heterocycles. The second kappa shape index (κ2) is 12.7. The number of rotatable bonds is 10. The van der Waals surface area contributed by atoms with Crippen LogP contribution in [0.5, 0.6) is 0 Å². The van der Waals surface area contributed by atoms with Crippen LogP contribution in [0.2, 0.25) is 0 Å². The summed E-state index contributed by atoms with van der Waals surface area (Å²) < 4.78 is 6.00. The maximum Gasteiger partial charge on any atom is 0.224 e. The molecule has 1 aromatic rings. The van der Waals surface area contributed by atoms with Crippen molar-refractivity contribution in [2.24, 2.45) is 0 Å². The van der Waals surface area contributed by atoms with E-state index in [9.17, 15) is 14.7 Å². The fourth-order valence-corrected chi connectivity index (χ4v) is 4.36. The molecule has 172 valence electrons. The molecule has 2 fully saturated rings. The number of ether oxygens (including phenoxy) is 1. The second-order valence-corrected chi connectivity index (χ2v) is 8.56. The van der Waals surface area contributed by atoms with Gasteiger partial charge in [0.1, 0.15) is 6.10 Å². The van der Waals surface area contributed by atoms with Crippen LogP contribution in [0.1, 0.15) is 50.5 Å². The number of hydrogen-bond donors (Lipinski definition) is 3. The first-order valence-corrected chi connectivity index (χ1v) is 11.6. The van der Waals surface area contributed by atoms with E-state index in [-0.39, 0.29) is 37.0 Å². The largest absolute Gasteiger partial charge is 0.394 e. The zero-order chi connectivity index (χ0) is 21.9. The van der Waals surface area contributed by atoms with Crippen LogP contribution in [0, 0.1) is 0 Å². The van der Waals surface area contributed by atoms with Gasteiger partial charge in [-0.1, -0.05) is 12.5 Å². The van der Waals surface area contributed by atoms with E-state index in [1.807, 2.05) is 6.07 Å². The molecule has 0 aromatic carbocycles. The Kier molecular flexibility index (Phi) is 9.71. The van der Waals surface area contributed by atoms with Crippen molar-refractivity contribution >= 4 is 11.8 Å². The van der Waals surface area contributed by atoms with Gasteiger partial charge in [0.2, 0.25) is 11.8 Å². The van der Waals surface area contributed by atoms with Crippen molar-refractivity contribution in [2.75, 3.05) is 32.8 Å². The first-order chi connectivity index (χ1) is 15.1. The summed E-state index contributed by atoms with van der Waals surface area (Å²) >= 11 is 0. The molecule has 0 saturated carbocycles. The average molecular weight is 433 g/mol. The number of pyridine rings is 1. The van der Waals surface area contributed by atoms with Crippen LogP contribution in [0.25, 0.3) is 0 Å². The Morgan fingerprint density at radius 2 is 2.03 bits per heavy atom. The molecule has 0 spiro atoms. The van der Waals surface area contributed by atoms with Crippen LogP contribution in [-0.2, 0) is 20.7 Å². The van der Waals surface area contributed by atoms with Gasteiger partial charge in [0, 0.05) is 31.9 Å². The van der Waals surface area contributed by atoms with Crippen LogP contribution < -0.4 is 10.6 Å². The van der Waals surface area contributed by atoms with Gasteiger partial charge < -0.3 is 25.4 Å². The smallest absolute Gasteiger partial charge is 0.224 e. The molecule has 8 nitrogen and oxygen atoms in total. The predicted molar refractivity (Wildman–Crippen MR) is 117 cm³/mol. The molecule has 0 unspecified atom stereocenters. The highest BCUT2D eigenvalue weighted by Gasteiger charge is 2.31. The summed E-state index contributed by atoms with van der Waals surface area (Å²) in [7, 11) is 0. The number of aliphatic hydroxyl groups is 1. The van der Waals surface area contributed by atoms with Gasteiger partial charge in [0.25, 0.3) is 0 Å². The van der Waals surface area contributed by atoms with E-state index in [2.05, 4.69) is 20.5 Å². The molecule has 2 aliphatic heterocycles. The van der Waals surface area contributed by atoms with E-state index in [1.54, 1.807) is 18.5 Å². The Hall–Kier alpha value is -2.03. The standard InChI is InChI=1S/C23H36N4O4/c28-17-21-20(26-23(30)15-18-5-4-10-24-16-18)7-6-19(31-21)8-11-25-22(29)9-14-27-12-2-1-3-13-27/h4-5,10,16,19-21,28H,1-3,6-9,11-15,17H2,(H,25,29)(H,26,30)/t19-,20-,21+/m0/s1. The SMILES string of the molecule is O=C(CCN1CCCCC1)NCC[C@@H]1CC[C@H](NC(=O)Cc2cccnc2)[C@@H](CO)O1. The minimum Gasteiger partial charge on any atom is -0.394 e. The Bertz CT molecular complexity index is 681. The molecule has 0 radical (unpaired) electrons. The third-order valence-electron chi connectivity index (χ3n) is 6.12. The molecule has 3 heterocycles. The fourth-order valence-electron chi connectivity index (χ4n) is 4.36. The Balaban J connectivity index is 1.32. The lowest BCUT2D eigenvalue weighted by Crippen LogP contribution is -2.51. The lowest BCUT2D eigenvalue weighted by Gasteiger charge is -2.36. The number of likely N-dealkylation sites (tertiary alicyclic amines) is 1. The van der Waals surface area contributed by atoms with Gasteiger partial charge >= 0.3 is 0 Å². The van der Waals surface area contributed by atoms with Crippen molar-refractivity contribution in [2.45, 2.75) is 69.6 Å². The van der Waals surface area contributed by atoms with Gasteiger partial charge in [-0.05, 0) is 56.8 Å². The third kappa shape index (κ3) is 8.20. The second-order valence-electron chi connectivity index (χ2n) is 8.56. The number of carbonyl (C=O) groups excluding carboxylic acids is 2. The molecular weight excluding hydrogens is 396 g/mol. The number of piperidine rings is 1. The van der Waals surface area contributed by atoms with Crippen LogP contribution >= 0.6 is 0 Å². The van der Waals surface area contributed by atoms with Gasteiger partial charge in [-0.2, -0.15) is 0 Å². The van der Waals surface area contributed by atoms with E-state index >= 15 is 0 Å². The molecule has 8 heteroatoms. The van der Waals surface area contributed by atoms with E-state index in [0.29, 0.717) is 19.4 Å². The summed E-state index contributed by atoms with van der Waals surface area (Å²) in [6.45, 7) is 3.46. The lowest BCUT2D eigenvalue weighted by atomic mass is 9.96. The van der Waals surface area contributed by atoms with Gasteiger partial charge in [0.05, 0.1) is 25.2 Å². The van der Waals surface area contributed by atoms with Crippen LogP contribution in [0.4, 0.5) is 0 Å². The Labute approximate surface area is 184 Å². The first-order valence-electron chi connectivity index (χ1n) is 11.6. The zero-order valence-electron chi connectivity index (χ0n) is 18.3. The fraction of sp³-hybridized carbons (Fsp3) is 0.696. The van der Waals surface area contributed by atoms with E-state index in [4.69, 9.17) is 4.74 Å². The quantitative estimate of drug-likeness (QED) is 0.510. The third-order valence-corrected chi connectivity index (χ3v) is 6.12. The number of nitrogens with zero attached hydrogens (tertiary/aromatic N) is 2. The highest BCUT2D eigenvalue weighted by Crippen LogP contribution is 2.22. The van der Waals surface area contributed by atoms with Gasteiger partial charge in [-0.15, -0.1) is 0 Å². The van der Waals surface area contributed by atoms with Crippen LogP contribution in [0.15, 0.2) is 24.5 Å². The van der Waals surface area contributed by atoms with Crippen molar-refractivity contribution in [3.8, 4) is 0 Å². The Morgan fingerprint density at radius 3 is 2.77 bits per heavy atom. The number of aliphatic hydroxyl groups excluding tert-OH is 1. The molecular formula is C23H36N4O4. The summed E-state index contributed by atoms with van der Waals surface area (Å²) in [4.78, 5) is 30.8. The number of aromatic nitrogens is 1. The van der Waals surface area contributed by atoms with Gasteiger partial charge in [-0.3, -0.25) is 14.6 Å². The average Bonchev–Trinajstić information content (AvgIpc) is 2.80. The van der Waals surface area contributed by atoms with Crippen molar-refractivity contribution in [1.82, 2.24) is 20.5 Å². The molecule has 3 rings (SSSR count). The highest BCUT2D eigenvalue weighted by atomic mass is 16.5. The van der Waals surface area contributed by atoms with Crippen molar-refractivity contribution in [3.63, 3.8) is 0 Å². The van der Waals surface area contributed by atoms with E-state index in [1.165, 1.54) is 19.3 Å². The van der Waals surface area contributed by atoms with Gasteiger partial charge in [0.15, 0.2) is 0 Å². The Morgan fingerprint density at radius 1 is 1.19 bits per heavy atom. The molecule has 0 bridgehead atoms. The number of carbonyl (C=O) groups is 2. The molecule has 3 N–H and O–H groups in total. The lowest BCUT2D eigenvalue weighted by molar-refractivity contribution is -0.128. The topological polar surface area (TPSA) is 104 Å². The van der Waals surface area contributed by atoms with Crippen molar-refractivity contribution in [1.29, 1.82) is 0 Å². The highest BCUT2D eigenvalue weighted by molar-refractivity contribution is 5.78. The molecule has 1 aromatic heterocycles. The normalized spacial score (nSPS) is 24.5. The summed E-state index contributed by atoms with van der Waals surface area (Å²) in [5, 5.41) is 15.7. The molecule has 0 aliphatic carbocycles. The maximum atomic E-state index is 12.3. The summed E-state index contributed by atoms with van der Waals surface area (Å²) in [5.41, 5.74) is 0.853. The summed E-state index contributed by atoms with van der Waals surface area (Å²) in [5.74, 6) is -0.0138. The molecule has 2 amide bonds. The zero-order valence-corrected chi connectivity index (χ0v) is 18.3. The minimum absolute atomic E-state index is 0.0222. The van der Waals surface area contributed by atoms with Crippen molar-refractivity contribution < 1.29 is 19.4 Å². The number of amides is 2. The van der Waals surface area contributed by atoms with Gasteiger partial charge in [-0.25, -0.2) is 0 Å². The summed E-state index contributed by atoms with van der Waals surface area (Å²) in [6, 6.07) is 3.47.